The quantitative estimate of drug-likeness (QED) is 0.602. The molecule has 0 aliphatic carbocycles. The van der Waals surface area contributed by atoms with Gasteiger partial charge in [-0.15, -0.1) is 5.10 Å². The van der Waals surface area contributed by atoms with E-state index in [2.05, 4.69) is 58.0 Å². The number of nitrogens with one attached hydrogen (secondary N) is 3. The summed E-state index contributed by atoms with van der Waals surface area (Å²) >= 11 is 0. The minimum absolute atomic E-state index is 0.0168. The summed E-state index contributed by atoms with van der Waals surface area (Å²) in [5.41, 5.74) is 3.59. The van der Waals surface area contributed by atoms with E-state index in [0.717, 1.165) is 11.4 Å². The Kier molecular flexibility index (Phi) is 5.54. The van der Waals surface area contributed by atoms with Crippen molar-refractivity contribution in [3.05, 3.63) is 60.3 Å². The lowest BCUT2D eigenvalue weighted by atomic mass is 9.86. The first-order valence-corrected chi connectivity index (χ1v) is 9.02. The van der Waals surface area contributed by atoms with E-state index in [9.17, 15) is 4.79 Å². The third kappa shape index (κ3) is 5.03. The maximum atomic E-state index is 11.2. The topological polar surface area (TPSA) is 91.8 Å². The molecule has 1 heterocycles. The van der Waals surface area contributed by atoms with Crippen molar-refractivity contribution in [2.45, 2.75) is 33.1 Å². The number of amides is 1. The van der Waals surface area contributed by atoms with Gasteiger partial charge in [0, 0.05) is 24.0 Å². The zero-order chi connectivity index (χ0) is 20.1. The van der Waals surface area contributed by atoms with Crippen LogP contribution in [-0.2, 0) is 10.2 Å². The summed E-state index contributed by atoms with van der Waals surface area (Å²) in [4.78, 5) is 15.7. The summed E-state index contributed by atoms with van der Waals surface area (Å²) in [5.74, 6) is 0.829. The van der Waals surface area contributed by atoms with Crippen LogP contribution in [0.4, 0.5) is 28.8 Å². The monoisotopic (exact) mass is 376 g/mol. The molecule has 0 bridgehead atoms. The molecule has 0 aliphatic heterocycles. The van der Waals surface area contributed by atoms with Crippen molar-refractivity contribution in [3.63, 3.8) is 0 Å². The minimum atomic E-state index is -0.121. The van der Waals surface area contributed by atoms with Gasteiger partial charge in [0.2, 0.25) is 11.9 Å². The van der Waals surface area contributed by atoms with E-state index in [1.54, 1.807) is 6.20 Å². The first kappa shape index (κ1) is 19.3. The maximum Gasteiger partial charge on any atom is 0.249 e. The van der Waals surface area contributed by atoms with E-state index in [0.29, 0.717) is 17.5 Å². The lowest BCUT2D eigenvalue weighted by Crippen LogP contribution is -2.14. The number of hydrogen-bond donors (Lipinski definition) is 3. The summed E-state index contributed by atoms with van der Waals surface area (Å²) in [5, 5.41) is 17.3. The summed E-state index contributed by atoms with van der Waals surface area (Å²) in [6.45, 7) is 7.95. The summed E-state index contributed by atoms with van der Waals surface area (Å²) in [7, 11) is 0. The molecule has 0 saturated heterocycles. The molecule has 0 unspecified atom stereocenters. The number of benzene rings is 2. The van der Waals surface area contributed by atoms with E-state index < -0.39 is 0 Å². The standard InChI is InChI=1S/C21H24N6O/c1-14(28)23-15-8-7-9-16(12-15)24-19-13-22-27-20(26-19)25-18-11-6-5-10-17(18)21(2,3)4/h5-13H,1-4H3,(H,23,28)(H2,24,25,26,27). The zero-order valence-electron chi connectivity index (χ0n) is 16.4. The van der Waals surface area contributed by atoms with Crippen molar-refractivity contribution in [1.82, 2.24) is 15.2 Å². The number of nitrogens with zero attached hydrogens (tertiary/aromatic N) is 3. The Morgan fingerprint density at radius 1 is 0.964 bits per heavy atom. The summed E-state index contributed by atoms with van der Waals surface area (Å²) in [6, 6.07) is 15.5. The predicted octanol–water partition coefficient (Wildman–Crippen LogP) is 4.61. The number of rotatable bonds is 5. The van der Waals surface area contributed by atoms with Crippen molar-refractivity contribution < 1.29 is 4.79 Å². The summed E-state index contributed by atoms with van der Waals surface area (Å²) < 4.78 is 0. The van der Waals surface area contributed by atoms with Crippen molar-refractivity contribution in [1.29, 1.82) is 0 Å². The van der Waals surface area contributed by atoms with Crippen molar-refractivity contribution in [2.24, 2.45) is 0 Å². The van der Waals surface area contributed by atoms with Crippen LogP contribution in [0, 0.1) is 0 Å². The molecule has 0 spiro atoms. The highest BCUT2D eigenvalue weighted by Gasteiger charge is 2.18. The SMILES string of the molecule is CC(=O)Nc1cccc(Nc2cnnc(Nc3ccccc3C(C)(C)C)n2)c1. The van der Waals surface area contributed by atoms with Gasteiger partial charge in [0.25, 0.3) is 0 Å². The fourth-order valence-electron chi connectivity index (χ4n) is 2.81. The minimum Gasteiger partial charge on any atom is -0.339 e. The van der Waals surface area contributed by atoms with Crippen LogP contribution in [-0.4, -0.2) is 21.1 Å². The van der Waals surface area contributed by atoms with Gasteiger partial charge >= 0.3 is 0 Å². The van der Waals surface area contributed by atoms with Gasteiger partial charge in [-0.2, -0.15) is 10.1 Å². The molecule has 1 amide bonds. The van der Waals surface area contributed by atoms with Crippen molar-refractivity contribution in [2.75, 3.05) is 16.0 Å². The first-order chi connectivity index (χ1) is 13.3. The van der Waals surface area contributed by atoms with E-state index in [-0.39, 0.29) is 11.3 Å². The number of aromatic nitrogens is 3. The molecule has 28 heavy (non-hydrogen) atoms. The summed E-state index contributed by atoms with van der Waals surface area (Å²) in [6.07, 6.45) is 1.55. The third-order valence-corrected chi connectivity index (χ3v) is 4.00. The van der Waals surface area contributed by atoms with E-state index in [1.807, 2.05) is 42.5 Å². The third-order valence-electron chi connectivity index (χ3n) is 4.00. The van der Waals surface area contributed by atoms with Gasteiger partial charge in [-0.1, -0.05) is 45.0 Å². The number of anilines is 5. The molecule has 0 aliphatic rings. The molecule has 7 nitrogen and oxygen atoms in total. The second-order valence-corrected chi connectivity index (χ2v) is 7.47. The van der Waals surface area contributed by atoms with Crippen molar-refractivity contribution in [3.8, 4) is 0 Å². The van der Waals surface area contributed by atoms with Crippen LogP contribution in [0.25, 0.3) is 0 Å². The molecule has 3 N–H and O–H groups in total. The van der Waals surface area contributed by atoms with Crippen LogP contribution < -0.4 is 16.0 Å². The molecule has 2 aromatic carbocycles. The Balaban J connectivity index is 1.80. The van der Waals surface area contributed by atoms with E-state index in [4.69, 9.17) is 0 Å². The number of carbonyl (C=O) groups excluding carboxylic acids is 1. The molecule has 1 aromatic heterocycles. The molecule has 0 fully saturated rings. The normalized spacial score (nSPS) is 11.0. The number of para-hydroxylation sites is 1. The highest BCUT2D eigenvalue weighted by Crippen LogP contribution is 2.30. The number of hydrogen-bond acceptors (Lipinski definition) is 6. The number of carbonyl (C=O) groups is 1. The highest BCUT2D eigenvalue weighted by atomic mass is 16.1. The van der Waals surface area contributed by atoms with E-state index in [1.165, 1.54) is 12.5 Å². The van der Waals surface area contributed by atoms with Gasteiger partial charge in [0.15, 0.2) is 5.82 Å². The van der Waals surface area contributed by atoms with Crippen LogP contribution in [0.3, 0.4) is 0 Å². The molecule has 3 rings (SSSR count). The Hall–Kier alpha value is -3.48. The van der Waals surface area contributed by atoms with Crippen molar-refractivity contribution >= 4 is 34.7 Å². The first-order valence-electron chi connectivity index (χ1n) is 9.02. The van der Waals surface area contributed by atoms with Crippen LogP contribution >= 0.6 is 0 Å². The Labute approximate surface area is 164 Å². The van der Waals surface area contributed by atoms with Gasteiger partial charge in [-0.25, -0.2) is 0 Å². The predicted molar refractivity (Wildman–Crippen MR) is 112 cm³/mol. The molecule has 7 heteroatoms. The fourth-order valence-corrected chi connectivity index (χ4v) is 2.81. The second kappa shape index (κ2) is 8.04. The fraction of sp³-hybridized carbons (Fsp3) is 0.238. The Bertz CT molecular complexity index is 980. The van der Waals surface area contributed by atoms with Crippen LogP contribution in [0.5, 0.6) is 0 Å². The van der Waals surface area contributed by atoms with Gasteiger partial charge in [0.05, 0.1) is 6.20 Å². The molecular weight excluding hydrogens is 352 g/mol. The maximum absolute atomic E-state index is 11.2. The lowest BCUT2D eigenvalue weighted by molar-refractivity contribution is -0.114. The molecule has 3 aromatic rings. The second-order valence-electron chi connectivity index (χ2n) is 7.47. The van der Waals surface area contributed by atoms with Crippen LogP contribution in [0.1, 0.15) is 33.3 Å². The van der Waals surface area contributed by atoms with Gasteiger partial charge in [-0.05, 0) is 35.2 Å². The molecule has 0 radical (unpaired) electrons. The van der Waals surface area contributed by atoms with Crippen LogP contribution in [0.15, 0.2) is 54.7 Å². The molecule has 0 atom stereocenters. The lowest BCUT2D eigenvalue weighted by Gasteiger charge is -2.22. The molecular formula is C21H24N6O. The Morgan fingerprint density at radius 3 is 2.46 bits per heavy atom. The average molecular weight is 376 g/mol. The van der Waals surface area contributed by atoms with Gasteiger partial charge < -0.3 is 16.0 Å². The Morgan fingerprint density at radius 2 is 1.71 bits per heavy atom. The van der Waals surface area contributed by atoms with Gasteiger partial charge in [-0.3, -0.25) is 4.79 Å². The van der Waals surface area contributed by atoms with Gasteiger partial charge in [0.1, 0.15) is 0 Å². The van der Waals surface area contributed by atoms with Crippen LogP contribution in [0.2, 0.25) is 0 Å². The largest absolute Gasteiger partial charge is 0.339 e. The zero-order valence-corrected chi connectivity index (χ0v) is 16.4. The molecule has 0 saturated carbocycles. The van der Waals surface area contributed by atoms with E-state index >= 15 is 0 Å². The highest BCUT2D eigenvalue weighted by molar-refractivity contribution is 5.89. The average Bonchev–Trinajstić information content (AvgIpc) is 2.61. The smallest absolute Gasteiger partial charge is 0.249 e. The molecule has 144 valence electrons.